The first-order valence-electron chi connectivity index (χ1n) is 14.7. The van der Waals surface area contributed by atoms with Gasteiger partial charge < -0.3 is 85.3 Å². The number of fused-ring (bicyclic) bond motifs is 4. The highest BCUT2D eigenvalue weighted by molar-refractivity contribution is 6.06. The molecule has 0 aromatic heterocycles. The average molecular weight is 621 g/mol. The van der Waals surface area contributed by atoms with Gasteiger partial charge in [0.25, 0.3) is 0 Å². The number of hydrogen-bond acceptors (Lipinski definition) is 16. The zero-order valence-corrected chi connectivity index (χ0v) is 26.3. The Bertz CT molecular complexity index is 1060. The molecule has 0 unspecified atom stereocenters. The number of nitrogens with one attached hydrogen (secondary N) is 6. The second-order valence-electron chi connectivity index (χ2n) is 10.4. The molecule has 0 aliphatic carbocycles. The predicted octanol–water partition coefficient (Wildman–Crippen LogP) is 2.16. The lowest BCUT2D eigenvalue weighted by atomic mass is 10.1. The predicted molar refractivity (Wildman–Crippen MR) is 184 cm³/mol. The van der Waals surface area contributed by atoms with Gasteiger partial charge in [-0.15, -0.1) is 0 Å². The largest absolute Gasteiger partial charge is 0.395 e. The molecular formula is C28H52N12O4. The molecule has 248 valence electrons. The summed E-state index contributed by atoms with van der Waals surface area (Å²) in [5, 5.41) is 20.2. The van der Waals surface area contributed by atoms with Crippen LogP contribution in [-0.2, 0) is 18.9 Å². The highest BCUT2D eigenvalue weighted by atomic mass is 16.7. The van der Waals surface area contributed by atoms with Gasteiger partial charge in [-0.05, 0) is 25.7 Å². The van der Waals surface area contributed by atoms with Gasteiger partial charge in [0.1, 0.15) is 0 Å². The third-order valence-corrected chi connectivity index (χ3v) is 7.59. The molecule has 0 saturated carbocycles. The molecule has 2 aromatic carbocycles. The Balaban J connectivity index is 1.85. The van der Waals surface area contributed by atoms with Crippen molar-refractivity contribution in [3.8, 4) is 0 Å². The van der Waals surface area contributed by atoms with E-state index in [0.717, 1.165) is 25.7 Å². The van der Waals surface area contributed by atoms with Gasteiger partial charge in [0.05, 0.1) is 81.3 Å². The van der Waals surface area contributed by atoms with Crippen LogP contribution in [0.15, 0.2) is 0 Å². The van der Waals surface area contributed by atoms with Gasteiger partial charge >= 0.3 is 0 Å². The van der Waals surface area contributed by atoms with E-state index in [9.17, 15) is 0 Å². The zero-order valence-electron chi connectivity index (χ0n) is 26.3. The molecule has 0 saturated heterocycles. The van der Waals surface area contributed by atoms with Crippen LogP contribution in [0.5, 0.6) is 0 Å². The maximum atomic E-state index is 6.59. The van der Waals surface area contributed by atoms with Gasteiger partial charge in [-0.25, -0.2) is 0 Å². The molecule has 0 atom stereocenters. The first kappa shape index (κ1) is 34.4. The van der Waals surface area contributed by atoms with Gasteiger partial charge in [-0.1, -0.05) is 0 Å². The fourth-order valence-corrected chi connectivity index (χ4v) is 5.01. The lowest BCUT2D eigenvalue weighted by Gasteiger charge is -2.25. The van der Waals surface area contributed by atoms with Crippen LogP contribution in [0, 0.1) is 0 Å². The molecule has 16 nitrogen and oxygen atoms in total. The van der Waals surface area contributed by atoms with E-state index in [-0.39, 0.29) is 0 Å². The summed E-state index contributed by atoms with van der Waals surface area (Å²) in [5.74, 6) is 0. The van der Waals surface area contributed by atoms with Crippen molar-refractivity contribution in [3.05, 3.63) is 0 Å². The van der Waals surface area contributed by atoms with Gasteiger partial charge in [-0.3, -0.25) is 0 Å². The second kappa shape index (κ2) is 16.7. The number of anilines is 12. The maximum Gasteiger partial charge on any atom is 0.173 e. The summed E-state index contributed by atoms with van der Waals surface area (Å²) in [7, 11) is 6.27. The van der Waals surface area contributed by atoms with Crippen LogP contribution in [0.4, 0.5) is 68.2 Å². The molecule has 16 heteroatoms. The molecule has 44 heavy (non-hydrogen) atoms. The number of hydrogen-bond donors (Lipinski definition) is 12. The Morgan fingerprint density at radius 2 is 0.727 bits per heavy atom. The Labute approximate surface area is 259 Å². The summed E-state index contributed by atoms with van der Waals surface area (Å²) in [6.45, 7) is 3.12. The molecule has 2 aromatic rings. The van der Waals surface area contributed by atoms with Crippen molar-refractivity contribution < 1.29 is 18.9 Å². The molecule has 1 heterocycles. The van der Waals surface area contributed by atoms with Crippen LogP contribution in [0.25, 0.3) is 0 Å². The number of nitrogens with two attached hydrogens (primary N) is 6. The molecule has 18 N–H and O–H groups in total. The molecular weight excluding hydrogens is 568 g/mol. The van der Waals surface area contributed by atoms with Crippen molar-refractivity contribution in [2.45, 2.75) is 38.3 Å². The first-order valence-corrected chi connectivity index (χ1v) is 14.7. The summed E-state index contributed by atoms with van der Waals surface area (Å²) in [6.07, 6.45) is 2.23. The number of ether oxygens (including phenoxy) is 4. The lowest BCUT2D eigenvalue weighted by molar-refractivity contribution is -0.0915. The lowest BCUT2D eigenvalue weighted by Crippen LogP contribution is -2.25. The summed E-state index contributed by atoms with van der Waals surface area (Å²) >= 11 is 0. The van der Waals surface area contributed by atoms with E-state index in [2.05, 4.69) is 31.9 Å². The van der Waals surface area contributed by atoms with Crippen LogP contribution in [0.3, 0.4) is 0 Å². The van der Waals surface area contributed by atoms with Crippen LogP contribution in [-0.4, -0.2) is 80.3 Å². The standard InChI is InChI=1S/C28H52N12O4/c1-41-15(42-2)13-39-27-19(31)23-17(29)24(20(27)32)36-10-6-8-12-38-26-18(30)25(37-11-7-5-9-35-23)21(33)28(22(26)34)40-14-16(43-3)44-4/h15-16,35-40H,5-14,29-34H2,1-4H3. The van der Waals surface area contributed by atoms with E-state index < -0.39 is 12.6 Å². The molecule has 1 aliphatic rings. The van der Waals surface area contributed by atoms with E-state index >= 15 is 0 Å². The molecule has 3 rings (SSSR count). The smallest absolute Gasteiger partial charge is 0.173 e. The van der Waals surface area contributed by atoms with Crippen molar-refractivity contribution in [1.29, 1.82) is 0 Å². The summed E-state index contributed by atoms with van der Waals surface area (Å²) in [5.41, 5.74) is 45.7. The third-order valence-electron chi connectivity index (χ3n) is 7.59. The van der Waals surface area contributed by atoms with Gasteiger partial charge in [-0.2, -0.15) is 0 Å². The van der Waals surface area contributed by atoms with E-state index in [1.807, 2.05) is 0 Å². The minimum absolute atomic E-state index is 0.341. The minimum atomic E-state index is -0.478. The molecule has 0 spiro atoms. The molecule has 1 aliphatic heterocycles. The quantitative estimate of drug-likeness (QED) is 0.134. The van der Waals surface area contributed by atoms with Gasteiger partial charge in [0, 0.05) is 54.6 Å². The average Bonchev–Trinajstić information content (AvgIpc) is 3.01. The topological polar surface area (TPSA) is 265 Å². The highest BCUT2D eigenvalue weighted by Gasteiger charge is 2.22. The van der Waals surface area contributed by atoms with Crippen molar-refractivity contribution >= 4 is 68.2 Å². The molecule has 0 amide bonds. The number of nitrogen functional groups attached to an aromatic ring is 6. The monoisotopic (exact) mass is 620 g/mol. The fraction of sp³-hybridized carbons (Fsp3) is 0.571. The van der Waals surface area contributed by atoms with E-state index in [1.165, 1.54) is 0 Å². The van der Waals surface area contributed by atoms with Crippen LogP contribution < -0.4 is 66.3 Å². The first-order chi connectivity index (χ1) is 21.2. The van der Waals surface area contributed by atoms with Crippen LogP contribution >= 0.6 is 0 Å². The van der Waals surface area contributed by atoms with Crippen molar-refractivity contribution in [2.75, 3.05) is 134 Å². The molecule has 4 bridgehead atoms. The maximum absolute atomic E-state index is 6.59. The Morgan fingerprint density at radius 3 is 0.955 bits per heavy atom. The van der Waals surface area contributed by atoms with Crippen molar-refractivity contribution in [1.82, 2.24) is 0 Å². The third kappa shape index (κ3) is 8.07. The Kier molecular flexibility index (Phi) is 13.0. The highest BCUT2D eigenvalue weighted by Crippen LogP contribution is 2.47. The van der Waals surface area contributed by atoms with Crippen LogP contribution in [0.2, 0.25) is 0 Å². The molecule has 0 fully saturated rings. The number of methoxy groups -OCH3 is 4. The van der Waals surface area contributed by atoms with Crippen molar-refractivity contribution in [3.63, 3.8) is 0 Å². The SMILES string of the molecule is COC(CNc1c(N)c2c(N)c(c1N)NCCCCNc1c(N)c(c(N)c(NCC(OC)OC)c1N)NCCCCN2)OC. The van der Waals surface area contributed by atoms with Gasteiger partial charge in [0.15, 0.2) is 12.6 Å². The number of benzene rings is 2. The minimum Gasteiger partial charge on any atom is -0.395 e. The van der Waals surface area contributed by atoms with E-state index in [0.29, 0.717) is 108 Å². The Hall–Kier alpha value is -4.12. The summed E-state index contributed by atoms with van der Waals surface area (Å²) in [4.78, 5) is 0. The zero-order chi connectivity index (χ0) is 32.2. The fourth-order valence-electron chi connectivity index (χ4n) is 5.01. The van der Waals surface area contributed by atoms with Gasteiger partial charge in [0.2, 0.25) is 0 Å². The van der Waals surface area contributed by atoms with E-state index in [4.69, 9.17) is 53.3 Å². The van der Waals surface area contributed by atoms with Crippen molar-refractivity contribution in [2.24, 2.45) is 0 Å². The number of rotatable bonds is 10. The second-order valence-corrected chi connectivity index (χ2v) is 10.4. The normalized spacial score (nSPS) is 14.5. The van der Waals surface area contributed by atoms with E-state index in [1.54, 1.807) is 28.4 Å². The van der Waals surface area contributed by atoms with Crippen LogP contribution in [0.1, 0.15) is 25.7 Å². The summed E-state index contributed by atoms with van der Waals surface area (Å²) in [6, 6.07) is 0. The molecule has 0 radical (unpaired) electrons. The summed E-state index contributed by atoms with van der Waals surface area (Å²) < 4.78 is 21.2. The Morgan fingerprint density at radius 1 is 0.477 bits per heavy atom.